The predicted molar refractivity (Wildman–Crippen MR) is 109 cm³/mol. The summed E-state index contributed by atoms with van der Waals surface area (Å²) in [5.74, 6) is 0.752. The van der Waals surface area contributed by atoms with Gasteiger partial charge in [-0.2, -0.15) is 0 Å². The molecule has 0 spiro atoms. The lowest BCUT2D eigenvalue weighted by atomic mass is 10.1. The highest BCUT2D eigenvalue weighted by Gasteiger charge is 2.25. The number of carbonyl (C=O) groups is 1. The number of carbonyl (C=O) groups excluding carboxylic acids is 1. The topological polar surface area (TPSA) is 80.5 Å². The van der Waals surface area contributed by atoms with Crippen LogP contribution in [-0.2, 0) is 0 Å². The Morgan fingerprint density at radius 2 is 1.86 bits per heavy atom. The van der Waals surface area contributed by atoms with E-state index in [0.717, 1.165) is 31.5 Å². The molecule has 29 heavy (non-hydrogen) atoms. The fourth-order valence-electron chi connectivity index (χ4n) is 3.47. The highest BCUT2D eigenvalue weighted by atomic mass is 16.5. The quantitative estimate of drug-likeness (QED) is 0.691. The Labute approximate surface area is 169 Å². The lowest BCUT2D eigenvalue weighted by molar-refractivity contribution is 0.0937. The smallest absolute Gasteiger partial charge is 0.318 e. The summed E-state index contributed by atoms with van der Waals surface area (Å²) in [6.45, 7) is 1.82. The van der Waals surface area contributed by atoms with Crippen LogP contribution in [0.25, 0.3) is 0 Å². The van der Waals surface area contributed by atoms with Crippen molar-refractivity contribution in [1.29, 1.82) is 0 Å². The first-order chi connectivity index (χ1) is 14.2. The van der Waals surface area contributed by atoms with Crippen LogP contribution in [-0.4, -0.2) is 36.3 Å². The maximum absolute atomic E-state index is 12.9. The van der Waals surface area contributed by atoms with E-state index in [4.69, 9.17) is 9.15 Å². The highest BCUT2D eigenvalue weighted by Crippen LogP contribution is 2.26. The van der Waals surface area contributed by atoms with Gasteiger partial charge in [-0.3, -0.25) is 4.79 Å². The second-order valence-electron chi connectivity index (χ2n) is 7.02. The Morgan fingerprint density at radius 3 is 2.62 bits per heavy atom. The fraction of sp³-hybridized carbons (Fsp3) is 0.318. The molecule has 1 aliphatic heterocycles. The minimum absolute atomic E-state index is 0.240. The normalized spacial score (nSPS) is 15.0. The average molecular weight is 392 g/mol. The lowest BCUT2D eigenvalue weighted by Gasteiger charge is -2.24. The van der Waals surface area contributed by atoms with E-state index >= 15 is 0 Å². The van der Waals surface area contributed by atoms with E-state index in [9.17, 15) is 4.79 Å². The molecule has 0 radical (unpaired) electrons. The van der Waals surface area contributed by atoms with Gasteiger partial charge in [0.1, 0.15) is 11.8 Å². The van der Waals surface area contributed by atoms with E-state index in [1.54, 1.807) is 31.4 Å². The second kappa shape index (κ2) is 8.77. The molecular weight excluding hydrogens is 368 g/mol. The number of amides is 1. The largest absolute Gasteiger partial charge is 0.497 e. The van der Waals surface area contributed by atoms with Crippen LogP contribution in [0, 0.1) is 0 Å². The summed E-state index contributed by atoms with van der Waals surface area (Å²) in [6, 6.07) is 16.6. The molecule has 1 amide bonds. The average Bonchev–Trinajstić information content (AvgIpc) is 3.28. The molecule has 150 valence electrons. The standard InChI is InChI=1S/C22H24N4O3/c1-28-18-12-8-11-17(15-18)20(27)23-19(16-9-4-2-5-10-16)21-24-25-22(29-21)26-13-6-3-7-14-26/h2,4-5,8-12,15,19H,3,6-7,13-14H2,1H3,(H,23,27)/t19-/m1/s1. The summed E-state index contributed by atoms with van der Waals surface area (Å²) in [4.78, 5) is 15.0. The molecule has 0 aliphatic carbocycles. The Morgan fingerprint density at radius 1 is 1.07 bits per heavy atom. The van der Waals surface area contributed by atoms with Crippen LogP contribution in [0.1, 0.15) is 47.1 Å². The number of methoxy groups -OCH3 is 1. The van der Waals surface area contributed by atoms with Crippen molar-refractivity contribution in [3.8, 4) is 5.75 Å². The number of aromatic nitrogens is 2. The highest BCUT2D eigenvalue weighted by molar-refractivity contribution is 5.95. The molecule has 4 rings (SSSR count). The number of anilines is 1. The molecule has 0 saturated carbocycles. The number of nitrogens with zero attached hydrogens (tertiary/aromatic N) is 3. The molecule has 2 heterocycles. The number of rotatable bonds is 6. The number of benzene rings is 2. The number of piperidine rings is 1. The number of ether oxygens (including phenoxy) is 1. The minimum atomic E-state index is -0.541. The Hall–Kier alpha value is -3.35. The van der Waals surface area contributed by atoms with Crippen molar-refractivity contribution >= 4 is 11.9 Å². The van der Waals surface area contributed by atoms with E-state index in [-0.39, 0.29) is 5.91 Å². The van der Waals surface area contributed by atoms with Crippen LogP contribution in [0.15, 0.2) is 59.0 Å². The maximum atomic E-state index is 12.9. The number of hydrogen-bond donors (Lipinski definition) is 1. The van der Waals surface area contributed by atoms with Crippen molar-refractivity contribution in [2.24, 2.45) is 0 Å². The molecule has 3 aromatic rings. The van der Waals surface area contributed by atoms with Gasteiger partial charge in [0.2, 0.25) is 5.89 Å². The van der Waals surface area contributed by atoms with Crippen molar-refractivity contribution in [2.45, 2.75) is 25.3 Å². The van der Waals surface area contributed by atoms with E-state index in [1.807, 2.05) is 30.3 Å². The summed E-state index contributed by atoms with van der Waals surface area (Å²) in [5.41, 5.74) is 1.37. The molecule has 7 nitrogen and oxygen atoms in total. The molecule has 1 saturated heterocycles. The predicted octanol–water partition coefficient (Wildman–Crippen LogP) is 3.59. The van der Waals surface area contributed by atoms with Gasteiger partial charge in [-0.1, -0.05) is 41.5 Å². The van der Waals surface area contributed by atoms with Gasteiger partial charge >= 0.3 is 6.01 Å². The Bertz CT molecular complexity index is 951. The molecule has 1 aromatic heterocycles. The van der Waals surface area contributed by atoms with E-state index in [1.165, 1.54) is 6.42 Å². The zero-order valence-electron chi connectivity index (χ0n) is 16.4. The second-order valence-corrected chi connectivity index (χ2v) is 7.02. The third-order valence-corrected chi connectivity index (χ3v) is 5.04. The Kier molecular flexibility index (Phi) is 5.74. The zero-order valence-corrected chi connectivity index (χ0v) is 16.4. The van der Waals surface area contributed by atoms with Gasteiger partial charge in [-0.05, 0) is 43.0 Å². The molecule has 0 unspecified atom stereocenters. The van der Waals surface area contributed by atoms with Gasteiger partial charge in [0.25, 0.3) is 5.91 Å². The first kappa shape index (κ1) is 19.0. The van der Waals surface area contributed by atoms with Gasteiger partial charge in [0.05, 0.1) is 7.11 Å². The first-order valence-electron chi connectivity index (χ1n) is 9.83. The molecule has 1 N–H and O–H groups in total. The number of hydrogen-bond acceptors (Lipinski definition) is 6. The van der Waals surface area contributed by atoms with Crippen molar-refractivity contribution in [2.75, 3.05) is 25.1 Å². The van der Waals surface area contributed by atoms with Gasteiger partial charge in [0, 0.05) is 18.7 Å². The molecule has 1 aliphatic rings. The van der Waals surface area contributed by atoms with Crippen LogP contribution in [0.4, 0.5) is 6.01 Å². The van der Waals surface area contributed by atoms with Crippen LogP contribution in [0.3, 0.4) is 0 Å². The fourth-order valence-corrected chi connectivity index (χ4v) is 3.47. The summed E-state index contributed by atoms with van der Waals surface area (Å²) in [7, 11) is 1.57. The van der Waals surface area contributed by atoms with Crippen LogP contribution in [0.5, 0.6) is 5.75 Å². The van der Waals surface area contributed by atoms with Gasteiger partial charge in [-0.15, -0.1) is 5.10 Å². The minimum Gasteiger partial charge on any atom is -0.497 e. The van der Waals surface area contributed by atoms with E-state index in [0.29, 0.717) is 23.2 Å². The summed E-state index contributed by atoms with van der Waals surface area (Å²) in [6.07, 6.45) is 3.46. The summed E-state index contributed by atoms with van der Waals surface area (Å²) < 4.78 is 11.2. The first-order valence-corrected chi connectivity index (χ1v) is 9.83. The van der Waals surface area contributed by atoms with Crippen LogP contribution in [0.2, 0.25) is 0 Å². The molecular formula is C22H24N4O3. The molecule has 1 atom stereocenters. The SMILES string of the molecule is COc1cccc(C(=O)N[C@H](c2ccccc2)c2nnc(N3CCCCC3)o2)c1. The van der Waals surface area contributed by atoms with Crippen molar-refractivity contribution in [3.05, 3.63) is 71.6 Å². The summed E-state index contributed by atoms with van der Waals surface area (Å²) in [5, 5.41) is 11.5. The number of nitrogens with one attached hydrogen (secondary N) is 1. The zero-order chi connectivity index (χ0) is 20.1. The van der Waals surface area contributed by atoms with Gasteiger partial charge in [-0.25, -0.2) is 0 Å². The van der Waals surface area contributed by atoms with Crippen molar-refractivity contribution < 1.29 is 13.9 Å². The third kappa shape index (κ3) is 4.39. The molecule has 1 fully saturated rings. The third-order valence-electron chi connectivity index (χ3n) is 5.04. The van der Waals surface area contributed by atoms with Crippen molar-refractivity contribution in [1.82, 2.24) is 15.5 Å². The molecule has 7 heteroatoms. The maximum Gasteiger partial charge on any atom is 0.318 e. The van der Waals surface area contributed by atoms with E-state index < -0.39 is 6.04 Å². The van der Waals surface area contributed by atoms with E-state index in [2.05, 4.69) is 20.4 Å². The summed E-state index contributed by atoms with van der Waals surface area (Å²) >= 11 is 0. The monoisotopic (exact) mass is 392 g/mol. The van der Waals surface area contributed by atoms with Crippen LogP contribution < -0.4 is 15.0 Å². The molecule has 0 bridgehead atoms. The van der Waals surface area contributed by atoms with Gasteiger partial charge in [0.15, 0.2) is 0 Å². The van der Waals surface area contributed by atoms with Crippen molar-refractivity contribution in [3.63, 3.8) is 0 Å². The molecule has 2 aromatic carbocycles. The Balaban J connectivity index is 1.60. The lowest BCUT2D eigenvalue weighted by Crippen LogP contribution is -2.30. The van der Waals surface area contributed by atoms with Crippen LogP contribution >= 0.6 is 0 Å². The van der Waals surface area contributed by atoms with Gasteiger partial charge < -0.3 is 19.4 Å².